The molecule has 1 heteroatoms. The quantitative estimate of drug-likeness (QED) is 0.751. The van der Waals surface area contributed by atoms with Gasteiger partial charge >= 0.3 is 0 Å². The van der Waals surface area contributed by atoms with E-state index in [4.69, 9.17) is 0 Å². The highest BCUT2D eigenvalue weighted by atomic mass is 15.2. The summed E-state index contributed by atoms with van der Waals surface area (Å²) in [6.45, 7) is 1.24. The fourth-order valence-corrected chi connectivity index (χ4v) is 4.25. The minimum absolute atomic E-state index is 0.564. The first-order valence-electron chi connectivity index (χ1n) is 7.68. The van der Waals surface area contributed by atoms with Crippen LogP contribution in [0.4, 0.5) is 0 Å². The van der Waals surface area contributed by atoms with Gasteiger partial charge in [0.25, 0.3) is 0 Å². The number of nitrogens with zero attached hydrogens (tertiary/aromatic N) is 1. The van der Waals surface area contributed by atoms with Crippen molar-refractivity contribution in [2.75, 3.05) is 13.6 Å². The minimum Gasteiger partial charge on any atom is -0.303 e. The third-order valence-electron chi connectivity index (χ3n) is 5.27. The SMILES string of the molecule is CN1CC[C@@H]2c3ccccc3[C@@H](c3ccccc3)C[C@H]21. The summed E-state index contributed by atoms with van der Waals surface area (Å²) in [5.41, 5.74) is 4.64. The van der Waals surface area contributed by atoms with Gasteiger partial charge in [-0.3, -0.25) is 0 Å². The van der Waals surface area contributed by atoms with Crippen molar-refractivity contribution in [1.29, 1.82) is 0 Å². The molecule has 1 nitrogen and oxygen atoms in total. The van der Waals surface area contributed by atoms with Crippen molar-refractivity contribution >= 4 is 0 Å². The largest absolute Gasteiger partial charge is 0.303 e. The first-order chi connectivity index (χ1) is 9.84. The molecule has 1 saturated heterocycles. The molecule has 0 spiro atoms. The molecule has 20 heavy (non-hydrogen) atoms. The average Bonchev–Trinajstić information content (AvgIpc) is 2.89. The summed E-state index contributed by atoms with van der Waals surface area (Å²) in [4.78, 5) is 2.57. The lowest BCUT2D eigenvalue weighted by atomic mass is 9.71. The molecule has 2 aliphatic rings. The zero-order valence-electron chi connectivity index (χ0n) is 12.0. The van der Waals surface area contributed by atoms with Crippen LogP contribution in [0.3, 0.4) is 0 Å². The smallest absolute Gasteiger partial charge is 0.0170 e. The van der Waals surface area contributed by atoms with Gasteiger partial charge in [0.1, 0.15) is 0 Å². The van der Waals surface area contributed by atoms with Crippen LogP contribution in [0, 0.1) is 0 Å². The number of fused-ring (bicyclic) bond motifs is 3. The molecular formula is C19H21N. The fraction of sp³-hybridized carbons (Fsp3) is 0.368. The van der Waals surface area contributed by atoms with E-state index in [1.54, 1.807) is 11.1 Å². The van der Waals surface area contributed by atoms with Gasteiger partial charge in [-0.2, -0.15) is 0 Å². The van der Waals surface area contributed by atoms with Gasteiger partial charge in [-0.25, -0.2) is 0 Å². The predicted octanol–water partition coefficient (Wildman–Crippen LogP) is 4.01. The van der Waals surface area contributed by atoms with E-state index in [0.717, 1.165) is 12.0 Å². The van der Waals surface area contributed by atoms with E-state index in [1.165, 1.54) is 24.9 Å². The topological polar surface area (TPSA) is 3.24 Å². The van der Waals surface area contributed by atoms with Crippen molar-refractivity contribution < 1.29 is 0 Å². The zero-order valence-corrected chi connectivity index (χ0v) is 12.0. The van der Waals surface area contributed by atoms with Crippen LogP contribution in [0.25, 0.3) is 0 Å². The van der Waals surface area contributed by atoms with Crippen molar-refractivity contribution in [1.82, 2.24) is 4.90 Å². The lowest BCUT2D eigenvalue weighted by molar-refractivity contribution is 0.265. The highest BCUT2D eigenvalue weighted by molar-refractivity contribution is 5.44. The van der Waals surface area contributed by atoms with Gasteiger partial charge < -0.3 is 4.90 Å². The monoisotopic (exact) mass is 263 g/mol. The standard InChI is InChI=1S/C19H21N/c1-20-12-11-17-15-9-5-6-10-16(15)18(13-19(17)20)14-7-3-2-4-8-14/h2-10,17-19H,11-13H2,1H3/t17-,18-,19-/m1/s1. The van der Waals surface area contributed by atoms with Gasteiger partial charge in [-0.15, -0.1) is 0 Å². The summed E-state index contributed by atoms with van der Waals surface area (Å²) < 4.78 is 0. The molecule has 0 aromatic heterocycles. The van der Waals surface area contributed by atoms with Gasteiger partial charge in [-0.1, -0.05) is 54.6 Å². The Morgan fingerprint density at radius 2 is 1.60 bits per heavy atom. The van der Waals surface area contributed by atoms with Gasteiger partial charge in [0, 0.05) is 17.9 Å². The van der Waals surface area contributed by atoms with E-state index >= 15 is 0 Å². The number of benzene rings is 2. The molecule has 4 rings (SSSR count). The first kappa shape index (κ1) is 12.2. The number of rotatable bonds is 1. The molecule has 102 valence electrons. The summed E-state index contributed by atoms with van der Waals surface area (Å²) in [6, 6.07) is 20.9. The Morgan fingerprint density at radius 1 is 0.900 bits per heavy atom. The fourth-order valence-electron chi connectivity index (χ4n) is 4.25. The summed E-state index contributed by atoms with van der Waals surface area (Å²) in [6.07, 6.45) is 2.59. The Labute approximate surface area is 121 Å². The van der Waals surface area contributed by atoms with E-state index in [2.05, 4.69) is 66.5 Å². The Hall–Kier alpha value is -1.60. The number of hydrogen-bond donors (Lipinski definition) is 0. The minimum atomic E-state index is 0.564. The van der Waals surface area contributed by atoms with E-state index < -0.39 is 0 Å². The van der Waals surface area contributed by atoms with Crippen molar-refractivity contribution in [3.8, 4) is 0 Å². The summed E-state index contributed by atoms with van der Waals surface area (Å²) >= 11 is 0. The van der Waals surface area contributed by atoms with Crippen LogP contribution in [0.1, 0.15) is 41.4 Å². The van der Waals surface area contributed by atoms with Gasteiger partial charge in [0.15, 0.2) is 0 Å². The van der Waals surface area contributed by atoms with E-state index in [9.17, 15) is 0 Å². The average molecular weight is 263 g/mol. The van der Waals surface area contributed by atoms with Gasteiger partial charge in [0.05, 0.1) is 0 Å². The van der Waals surface area contributed by atoms with E-state index in [0.29, 0.717) is 5.92 Å². The molecule has 2 aromatic rings. The number of likely N-dealkylation sites (tertiary alicyclic amines) is 1. The molecule has 1 aliphatic heterocycles. The molecule has 0 bridgehead atoms. The summed E-state index contributed by atoms with van der Waals surface area (Å²) in [5, 5.41) is 0. The van der Waals surface area contributed by atoms with Gasteiger partial charge in [-0.05, 0) is 43.1 Å². The second-order valence-corrected chi connectivity index (χ2v) is 6.27. The van der Waals surface area contributed by atoms with Crippen molar-refractivity contribution in [3.63, 3.8) is 0 Å². The van der Waals surface area contributed by atoms with Crippen molar-refractivity contribution in [2.24, 2.45) is 0 Å². The van der Waals surface area contributed by atoms with Crippen LogP contribution in [-0.4, -0.2) is 24.5 Å². The van der Waals surface area contributed by atoms with E-state index in [1.807, 2.05) is 0 Å². The molecular weight excluding hydrogens is 242 g/mol. The normalized spacial score (nSPS) is 28.9. The Morgan fingerprint density at radius 3 is 2.40 bits per heavy atom. The van der Waals surface area contributed by atoms with Crippen molar-refractivity contribution in [3.05, 3.63) is 71.3 Å². The lowest BCUT2D eigenvalue weighted by Gasteiger charge is -2.37. The highest BCUT2D eigenvalue weighted by Gasteiger charge is 2.40. The Bertz CT molecular complexity index is 604. The first-order valence-corrected chi connectivity index (χ1v) is 7.68. The molecule has 1 aliphatic carbocycles. The maximum absolute atomic E-state index is 2.57. The molecule has 1 heterocycles. The van der Waals surface area contributed by atoms with E-state index in [-0.39, 0.29) is 0 Å². The van der Waals surface area contributed by atoms with Crippen molar-refractivity contribution in [2.45, 2.75) is 30.7 Å². The molecule has 0 radical (unpaired) electrons. The molecule has 0 saturated carbocycles. The Kier molecular flexibility index (Phi) is 2.89. The molecule has 1 fully saturated rings. The van der Waals surface area contributed by atoms with Crippen LogP contribution < -0.4 is 0 Å². The number of hydrogen-bond acceptors (Lipinski definition) is 1. The molecule has 0 amide bonds. The maximum Gasteiger partial charge on any atom is 0.0170 e. The zero-order chi connectivity index (χ0) is 13.5. The van der Waals surface area contributed by atoms with Crippen LogP contribution in [0.2, 0.25) is 0 Å². The molecule has 2 aromatic carbocycles. The second-order valence-electron chi connectivity index (χ2n) is 6.27. The third kappa shape index (κ3) is 1.81. The summed E-state index contributed by atoms with van der Waals surface area (Å²) in [5.74, 6) is 1.31. The Balaban J connectivity index is 1.83. The number of likely N-dealkylation sites (N-methyl/N-ethyl adjacent to an activating group) is 1. The highest BCUT2D eigenvalue weighted by Crippen LogP contribution is 2.47. The van der Waals surface area contributed by atoms with Crippen LogP contribution >= 0.6 is 0 Å². The van der Waals surface area contributed by atoms with Gasteiger partial charge in [0.2, 0.25) is 0 Å². The van der Waals surface area contributed by atoms with Crippen LogP contribution in [0.15, 0.2) is 54.6 Å². The lowest BCUT2D eigenvalue weighted by Crippen LogP contribution is -2.34. The van der Waals surface area contributed by atoms with Crippen LogP contribution in [0.5, 0.6) is 0 Å². The molecule has 0 unspecified atom stereocenters. The second kappa shape index (κ2) is 4.75. The third-order valence-corrected chi connectivity index (χ3v) is 5.27. The van der Waals surface area contributed by atoms with Crippen LogP contribution in [-0.2, 0) is 0 Å². The molecule has 0 N–H and O–H groups in total. The molecule has 3 atom stereocenters. The summed E-state index contributed by atoms with van der Waals surface area (Å²) in [7, 11) is 2.29. The maximum atomic E-state index is 2.57. The predicted molar refractivity (Wildman–Crippen MR) is 83.1 cm³/mol.